The molecule has 0 atom stereocenters. The lowest BCUT2D eigenvalue weighted by Gasteiger charge is -1.92. The van der Waals surface area contributed by atoms with Crippen LogP contribution in [0.1, 0.15) is 5.56 Å². The second-order valence-corrected chi connectivity index (χ2v) is 3.48. The van der Waals surface area contributed by atoms with Crippen molar-refractivity contribution in [1.29, 1.82) is 0 Å². The van der Waals surface area contributed by atoms with E-state index in [1.807, 2.05) is 0 Å². The second-order valence-electron chi connectivity index (χ2n) is 2.57. The van der Waals surface area contributed by atoms with E-state index in [2.05, 4.69) is 15.9 Å². The van der Waals surface area contributed by atoms with E-state index in [9.17, 15) is 20.2 Å². The molecule has 0 aliphatic heterocycles. The van der Waals surface area contributed by atoms with E-state index in [0.29, 0.717) is 5.56 Å². The Morgan fingerprint density at radius 2 is 1.60 bits per heavy atom. The van der Waals surface area contributed by atoms with Gasteiger partial charge >= 0.3 is 5.82 Å². The van der Waals surface area contributed by atoms with E-state index < -0.39 is 15.7 Å². The largest absolute Gasteiger partial charge is 0.559 e. The number of hydrogen-bond acceptors (Lipinski definition) is 4. The zero-order chi connectivity index (χ0) is 11.4. The molecular weight excluding hydrogens is 268 g/mol. The normalized spacial score (nSPS) is 9.40. The SMILES string of the molecule is O=[N+]([O-])C(=Cc1ccc(Br)cc1)[N+](=O)[O-]. The molecule has 15 heavy (non-hydrogen) atoms. The van der Waals surface area contributed by atoms with Crippen LogP contribution in [0.15, 0.2) is 34.6 Å². The summed E-state index contributed by atoms with van der Waals surface area (Å²) in [6, 6.07) is 6.36. The van der Waals surface area contributed by atoms with E-state index in [0.717, 1.165) is 10.5 Å². The summed E-state index contributed by atoms with van der Waals surface area (Å²) >= 11 is 3.18. The van der Waals surface area contributed by atoms with E-state index in [-0.39, 0.29) is 0 Å². The molecule has 1 aromatic carbocycles. The molecule has 0 heterocycles. The van der Waals surface area contributed by atoms with Gasteiger partial charge in [-0.3, -0.25) is 20.2 Å². The van der Waals surface area contributed by atoms with Crippen LogP contribution in [0, 0.1) is 20.2 Å². The number of hydrogen-bond donors (Lipinski definition) is 0. The molecule has 6 nitrogen and oxygen atoms in total. The zero-order valence-electron chi connectivity index (χ0n) is 7.29. The molecule has 0 aromatic heterocycles. The third-order valence-corrected chi connectivity index (χ3v) is 2.07. The molecule has 0 saturated heterocycles. The fraction of sp³-hybridized carbons (Fsp3) is 0. The lowest BCUT2D eigenvalue weighted by Crippen LogP contribution is -2.08. The Morgan fingerprint density at radius 3 is 2.00 bits per heavy atom. The van der Waals surface area contributed by atoms with Gasteiger partial charge in [-0.2, -0.15) is 0 Å². The summed E-state index contributed by atoms with van der Waals surface area (Å²) in [6.07, 6.45) is 0.909. The van der Waals surface area contributed by atoms with Gasteiger partial charge in [-0.15, -0.1) is 0 Å². The van der Waals surface area contributed by atoms with Crippen LogP contribution in [0.4, 0.5) is 0 Å². The maximum absolute atomic E-state index is 10.3. The molecule has 0 bridgehead atoms. The van der Waals surface area contributed by atoms with Crippen molar-refractivity contribution in [3.05, 3.63) is 60.4 Å². The maximum atomic E-state index is 10.3. The Labute approximate surface area is 92.6 Å². The summed E-state index contributed by atoms with van der Waals surface area (Å²) in [4.78, 5) is 18.5. The first-order valence-electron chi connectivity index (χ1n) is 3.77. The van der Waals surface area contributed by atoms with Gasteiger partial charge in [0.1, 0.15) is 15.9 Å². The molecule has 0 radical (unpaired) electrons. The first-order chi connectivity index (χ1) is 7.00. The number of nitro groups is 2. The Kier molecular flexibility index (Phi) is 3.51. The molecule has 78 valence electrons. The van der Waals surface area contributed by atoms with Crippen molar-refractivity contribution >= 4 is 22.0 Å². The number of nitrogens with zero attached hydrogens (tertiary/aromatic N) is 2. The van der Waals surface area contributed by atoms with Crippen molar-refractivity contribution in [2.24, 2.45) is 0 Å². The summed E-state index contributed by atoms with van der Waals surface area (Å²) in [5.74, 6) is -1.04. The summed E-state index contributed by atoms with van der Waals surface area (Å²) in [5.41, 5.74) is 0.404. The molecule has 1 aromatic rings. The highest BCUT2D eigenvalue weighted by Gasteiger charge is 2.24. The van der Waals surface area contributed by atoms with Gasteiger partial charge in [-0.05, 0) is 17.7 Å². The average molecular weight is 273 g/mol. The molecule has 1 rings (SSSR count). The van der Waals surface area contributed by atoms with Crippen molar-refractivity contribution in [1.82, 2.24) is 0 Å². The van der Waals surface area contributed by atoms with Crippen LogP contribution < -0.4 is 0 Å². The average Bonchev–Trinajstić information content (AvgIpc) is 2.15. The minimum Gasteiger partial charge on any atom is -0.253 e. The minimum absolute atomic E-state index is 0.404. The lowest BCUT2D eigenvalue weighted by atomic mass is 10.2. The van der Waals surface area contributed by atoms with Gasteiger partial charge in [0.15, 0.2) is 0 Å². The Morgan fingerprint density at radius 1 is 1.13 bits per heavy atom. The van der Waals surface area contributed by atoms with E-state index in [1.165, 1.54) is 12.1 Å². The third-order valence-electron chi connectivity index (χ3n) is 1.54. The van der Waals surface area contributed by atoms with E-state index >= 15 is 0 Å². The van der Waals surface area contributed by atoms with E-state index in [1.54, 1.807) is 12.1 Å². The molecule has 0 unspecified atom stereocenters. The molecule has 0 N–H and O–H groups in total. The van der Waals surface area contributed by atoms with Crippen LogP contribution >= 0.6 is 15.9 Å². The first kappa shape index (κ1) is 11.3. The Balaban J connectivity index is 3.08. The van der Waals surface area contributed by atoms with Gasteiger partial charge in [0, 0.05) is 4.47 Å². The fourth-order valence-electron chi connectivity index (χ4n) is 0.880. The Hall–Kier alpha value is -1.76. The molecule has 7 heteroatoms. The highest BCUT2D eigenvalue weighted by atomic mass is 79.9. The zero-order valence-corrected chi connectivity index (χ0v) is 8.88. The number of rotatable bonds is 3. The molecule has 0 fully saturated rings. The molecule has 0 spiro atoms. The number of halogens is 1. The second kappa shape index (κ2) is 4.65. The quantitative estimate of drug-likeness (QED) is 0.624. The third kappa shape index (κ3) is 3.13. The molecule has 0 aliphatic rings. The highest BCUT2D eigenvalue weighted by molar-refractivity contribution is 9.10. The first-order valence-corrected chi connectivity index (χ1v) is 4.56. The predicted molar refractivity (Wildman–Crippen MR) is 56.1 cm³/mol. The Bertz CT molecular complexity index is 411. The van der Waals surface area contributed by atoms with Crippen molar-refractivity contribution in [3.63, 3.8) is 0 Å². The van der Waals surface area contributed by atoms with Crippen molar-refractivity contribution in [2.45, 2.75) is 0 Å². The minimum atomic E-state index is -1.04. The van der Waals surface area contributed by atoms with E-state index in [4.69, 9.17) is 0 Å². The molecular formula is C8H5BrN2O4. The molecule has 0 amide bonds. The van der Waals surface area contributed by atoms with Gasteiger partial charge in [-0.1, -0.05) is 28.1 Å². The topological polar surface area (TPSA) is 86.3 Å². The van der Waals surface area contributed by atoms with Gasteiger partial charge in [0.2, 0.25) is 0 Å². The van der Waals surface area contributed by atoms with Crippen molar-refractivity contribution in [3.8, 4) is 0 Å². The van der Waals surface area contributed by atoms with Crippen molar-refractivity contribution in [2.75, 3.05) is 0 Å². The number of benzene rings is 1. The van der Waals surface area contributed by atoms with Crippen LogP contribution in [0.2, 0.25) is 0 Å². The summed E-state index contributed by atoms with van der Waals surface area (Å²) in [5, 5.41) is 20.6. The van der Waals surface area contributed by atoms with Gasteiger partial charge < -0.3 is 0 Å². The van der Waals surface area contributed by atoms with Gasteiger partial charge in [0.25, 0.3) is 0 Å². The van der Waals surface area contributed by atoms with Crippen LogP contribution in [-0.2, 0) is 0 Å². The van der Waals surface area contributed by atoms with Gasteiger partial charge in [0.05, 0.1) is 0 Å². The van der Waals surface area contributed by atoms with Crippen LogP contribution in [-0.4, -0.2) is 9.85 Å². The molecule has 0 saturated carbocycles. The summed E-state index contributed by atoms with van der Waals surface area (Å²) in [6.45, 7) is 0. The van der Waals surface area contributed by atoms with Crippen LogP contribution in [0.5, 0.6) is 0 Å². The smallest absolute Gasteiger partial charge is 0.253 e. The monoisotopic (exact) mass is 272 g/mol. The lowest BCUT2D eigenvalue weighted by molar-refractivity contribution is -0.613. The van der Waals surface area contributed by atoms with Crippen LogP contribution in [0.3, 0.4) is 0 Å². The maximum Gasteiger partial charge on any atom is 0.559 e. The summed E-state index contributed by atoms with van der Waals surface area (Å²) in [7, 11) is 0. The predicted octanol–water partition coefficient (Wildman–Crippen LogP) is 2.30. The van der Waals surface area contributed by atoms with Crippen molar-refractivity contribution < 1.29 is 9.85 Å². The van der Waals surface area contributed by atoms with Gasteiger partial charge in [-0.25, -0.2) is 0 Å². The highest BCUT2D eigenvalue weighted by Crippen LogP contribution is 2.13. The summed E-state index contributed by atoms with van der Waals surface area (Å²) < 4.78 is 0.795. The van der Waals surface area contributed by atoms with Crippen LogP contribution in [0.25, 0.3) is 6.08 Å². The fourth-order valence-corrected chi connectivity index (χ4v) is 1.14. The standard InChI is InChI=1S/C8H5BrN2O4/c9-7-3-1-6(2-4-7)5-8(10(12)13)11(14)15/h1-5H. The molecule has 0 aliphatic carbocycles.